The SMILES string of the molecule is O=C(NC(=O)c1c(F)cccc1F)Nc1ccc(SC(F)F)cc1F. The van der Waals surface area contributed by atoms with Gasteiger partial charge in [-0.2, -0.15) is 8.78 Å². The molecule has 3 amide bonds. The van der Waals surface area contributed by atoms with Gasteiger partial charge in [0.2, 0.25) is 0 Å². The van der Waals surface area contributed by atoms with Crippen LogP contribution in [0.2, 0.25) is 0 Å². The Bertz CT molecular complexity index is 796. The minimum atomic E-state index is -2.74. The number of hydrogen-bond acceptors (Lipinski definition) is 3. The lowest BCUT2D eigenvalue weighted by Crippen LogP contribution is -2.35. The molecule has 4 nitrogen and oxygen atoms in total. The van der Waals surface area contributed by atoms with E-state index in [2.05, 4.69) is 0 Å². The number of carbonyl (C=O) groups is 2. The van der Waals surface area contributed by atoms with Crippen molar-refractivity contribution < 1.29 is 31.5 Å². The maximum absolute atomic E-state index is 13.7. The van der Waals surface area contributed by atoms with Crippen LogP contribution < -0.4 is 10.6 Å². The Labute approximate surface area is 142 Å². The standard InChI is InChI=1S/C15H9F5N2O2S/c16-8-2-1-3-9(17)12(8)13(23)22-15(24)21-11-5-4-7(6-10(11)18)25-14(19)20/h1-6,14H,(H2,21,22,23,24). The van der Waals surface area contributed by atoms with Gasteiger partial charge in [0.1, 0.15) is 23.0 Å². The number of nitrogens with one attached hydrogen (secondary N) is 2. The second-order valence-electron chi connectivity index (χ2n) is 4.53. The fraction of sp³-hybridized carbons (Fsp3) is 0.0667. The molecule has 2 N–H and O–H groups in total. The second-order valence-corrected chi connectivity index (χ2v) is 5.59. The molecule has 132 valence electrons. The van der Waals surface area contributed by atoms with Crippen LogP contribution in [0.15, 0.2) is 41.3 Å². The summed E-state index contributed by atoms with van der Waals surface area (Å²) in [5, 5.41) is 3.58. The molecule has 25 heavy (non-hydrogen) atoms. The molecule has 2 aromatic carbocycles. The van der Waals surface area contributed by atoms with Gasteiger partial charge in [-0.3, -0.25) is 10.1 Å². The highest BCUT2D eigenvalue weighted by molar-refractivity contribution is 7.99. The Kier molecular flexibility index (Phi) is 5.97. The number of thioether (sulfide) groups is 1. The van der Waals surface area contributed by atoms with Crippen molar-refractivity contribution in [1.29, 1.82) is 0 Å². The van der Waals surface area contributed by atoms with Gasteiger partial charge < -0.3 is 5.32 Å². The van der Waals surface area contributed by atoms with Crippen LogP contribution in [-0.4, -0.2) is 17.7 Å². The number of hydrogen-bond donors (Lipinski definition) is 2. The first-order valence-corrected chi connectivity index (χ1v) is 7.46. The van der Waals surface area contributed by atoms with Crippen molar-refractivity contribution >= 4 is 29.4 Å². The van der Waals surface area contributed by atoms with Gasteiger partial charge in [0.25, 0.3) is 11.7 Å². The van der Waals surface area contributed by atoms with E-state index in [4.69, 9.17) is 0 Å². The van der Waals surface area contributed by atoms with E-state index in [1.807, 2.05) is 5.32 Å². The quantitative estimate of drug-likeness (QED) is 0.615. The van der Waals surface area contributed by atoms with Crippen LogP contribution in [0.1, 0.15) is 10.4 Å². The van der Waals surface area contributed by atoms with Crippen molar-refractivity contribution in [3.63, 3.8) is 0 Å². The predicted octanol–water partition coefficient (Wildman–Crippen LogP) is 4.38. The van der Waals surface area contributed by atoms with E-state index >= 15 is 0 Å². The number of urea groups is 1. The largest absolute Gasteiger partial charge is 0.326 e. The lowest BCUT2D eigenvalue weighted by Gasteiger charge is -2.09. The highest BCUT2D eigenvalue weighted by Crippen LogP contribution is 2.28. The maximum Gasteiger partial charge on any atom is 0.326 e. The van der Waals surface area contributed by atoms with Crippen LogP contribution in [0, 0.1) is 17.5 Å². The van der Waals surface area contributed by atoms with Crippen LogP contribution >= 0.6 is 11.8 Å². The first-order valence-electron chi connectivity index (χ1n) is 6.58. The highest BCUT2D eigenvalue weighted by atomic mass is 32.2. The predicted molar refractivity (Wildman–Crippen MR) is 81.1 cm³/mol. The van der Waals surface area contributed by atoms with Gasteiger partial charge in [-0.15, -0.1) is 0 Å². The van der Waals surface area contributed by atoms with Crippen molar-refractivity contribution in [3.05, 3.63) is 59.4 Å². The van der Waals surface area contributed by atoms with E-state index < -0.39 is 46.4 Å². The van der Waals surface area contributed by atoms with Gasteiger partial charge in [0.05, 0.1) is 5.69 Å². The van der Waals surface area contributed by atoms with Gasteiger partial charge in [0.15, 0.2) is 0 Å². The van der Waals surface area contributed by atoms with E-state index in [1.165, 1.54) is 0 Å². The monoisotopic (exact) mass is 376 g/mol. The molecule has 0 fully saturated rings. The van der Waals surface area contributed by atoms with Crippen molar-refractivity contribution in [2.45, 2.75) is 10.7 Å². The average molecular weight is 376 g/mol. The maximum atomic E-state index is 13.7. The lowest BCUT2D eigenvalue weighted by molar-refractivity contribution is 0.0959. The zero-order valence-electron chi connectivity index (χ0n) is 12.2. The summed E-state index contributed by atoms with van der Waals surface area (Å²) in [6.45, 7) is 0. The number of halogens is 5. The number of carbonyl (C=O) groups excluding carboxylic acids is 2. The summed E-state index contributed by atoms with van der Waals surface area (Å²) in [6.07, 6.45) is 0. The second kappa shape index (κ2) is 7.97. The summed E-state index contributed by atoms with van der Waals surface area (Å²) in [7, 11) is 0. The number of rotatable bonds is 4. The molecule has 0 spiro atoms. The van der Waals surface area contributed by atoms with E-state index in [0.717, 1.165) is 36.4 Å². The number of amides is 3. The molecule has 2 aromatic rings. The van der Waals surface area contributed by atoms with E-state index in [1.54, 1.807) is 5.32 Å². The third kappa shape index (κ3) is 4.92. The summed E-state index contributed by atoms with van der Waals surface area (Å²) in [5.74, 6) is -7.48. The Hall–Kier alpha value is -2.62. The third-order valence-electron chi connectivity index (χ3n) is 2.83. The van der Waals surface area contributed by atoms with Crippen LogP contribution in [-0.2, 0) is 0 Å². The van der Waals surface area contributed by atoms with Crippen LogP contribution in [0.4, 0.5) is 32.4 Å². The van der Waals surface area contributed by atoms with Crippen LogP contribution in [0.25, 0.3) is 0 Å². The number of imide groups is 1. The molecular formula is C15H9F5N2O2S. The van der Waals surface area contributed by atoms with Gasteiger partial charge >= 0.3 is 6.03 Å². The highest BCUT2D eigenvalue weighted by Gasteiger charge is 2.19. The molecule has 0 aliphatic carbocycles. The molecule has 10 heteroatoms. The number of benzene rings is 2. The summed E-state index contributed by atoms with van der Waals surface area (Å²) in [5.41, 5.74) is -1.38. The average Bonchev–Trinajstić information content (AvgIpc) is 2.49. The molecule has 0 heterocycles. The fourth-order valence-corrected chi connectivity index (χ4v) is 2.33. The molecule has 0 saturated carbocycles. The lowest BCUT2D eigenvalue weighted by atomic mass is 10.2. The minimum Gasteiger partial charge on any atom is -0.305 e. The molecular weight excluding hydrogens is 367 g/mol. The Morgan fingerprint density at radius 2 is 1.60 bits per heavy atom. The van der Waals surface area contributed by atoms with E-state index in [-0.39, 0.29) is 16.7 Å². The first-order chi connectivity index (χ1) is 11.8. The summed E-state index contributed by atoms with van der Waals surface area (Å²) >= 11 is 0.112. The zero-order valence-corrected chi connectivity index (χ0v) is 13.0. The Morgan fingerprint density at radius 3 is 2.16 bits per heavy atom. The molecule has 0 aromatic heterocycles. The van der Waals surface area contributed by atoms with Crippen LogP contribution in [0.3, 0.4) is 0 Å². The summed E-state index contributed by atoms with van der Waals surface area (Å²) < 4.78 is 65.0. The molecule has 0 saturated heterocycles. The molecule has 2 rings (SSSR count). The molecule has 0 radical (unpaired) electrons. The number of anilines is 1. The summed E-state index contributed by atoms with van der Waals surface area (Å²) in [6, 6.07) is 4.35. The van der Waals surface area contributed by atoms with Crippen LogP contribution in [0.5, 0.6) is 0 Å². The van der Waals surface area contributed by atoms with Crippen molar-refractivity contribution in [1.82, 2.24) is 5.32 Å². The Morgan fingerprint density at radius 1 is 0.960 bits per heavy atom. The molecule has 0 aliphatic heterocycles. The number of alkyl halides is 2. The van der Waals surface area contributed by atoms with Crippen molar-refractivity contribution in [2.24, 2.45) is 0 Å². The van der Waals surface area contributed by atoms with Crippen molar-refractivity contribution in [3.8, 4) is 0 Å². The third-order valence-corrected chi connectivity index (χ3v) is 3.54. The fourth-order valence-electron chi connectivity index (χ4n) is 1.81. The van der Waals surface area contributed by atoms with E-state index in [0.29, 0.717) is 0 Å². The Balaban J connectivity index is 2.06. The van der Waals surface area contributed by atoms with Gasteiger partial charge in [-0.05, 0) is 30.3 Å². The zero-order chi connectivity index (χ0) is 18.6. The molecule has 0 unspecified atom stereocenters. The van der Waals surface area contributed by atoms with Crippen molar-refractivity contribution in [2.75, 3.05) is 5.32 Å². The molecule has 0 bridgehead atoms. The minimum absolute atomic E-state index is 0.0667. The topological polar surface area (TPSA) is 58.2 Å². The van der Waals surface area contributed by atoms with Gasteiger partial charge in [0, 0.05) is 4.90 Å². The van der Waals surface area contributed by atoms with E-state index in [9.17, 15) is 31.5 Å². The molecule has 0 atom stereocenters. The van der Waals surface area contributed by atoms with Gasteiger partial charge in [-0.25, -0.2) is 18.0 Å². The summed E-state index contributed by atoms with van der Waals surface area (Å²) in [4.78, 5) is 23.3. The molecule has 0 aliphatic rings. The van der Waals surface area contributed by atoms with Gasteiger partial charge in [-0.1, -0.05) is 17.8 Å². The smallest absolute Gasteiger partial charge is 0.305 e. The normalized spacial score (nSPS) is 10.6. The first kappa shape index (κ1) is 18.7.